The topological polar surface area (TPSA) is 72.2 Å². The fraction of sp³-hybridized carbons (Fsp3) is 0.385. The molecule has 0 radical (unpaired) electrons. The van der Waals surface area contributed by atoms with Crippen LogP contribution in [0.5, 0.6) is 0 Å². The molecule has 0 saturated carbocycles. The molecule has 5 heteroatoms. The number of nitrogens with one attached hydrogen (secondary N) is 1. The molecule has 0 fully saturated rings. The van der Waals surface area contributed by atoms with Crippen LogP contribution in [0.2, 0.25) is 0 Å². The molecule has 18 heavy (non-hydrogen) atoms. The van der Waals surface area contributed by atoms with E-state index in [1.165, 1.54) is 11.8 Å². The summed E-state index contributed by atoms with van der Waals surface area (Å²) in [5.41, 5.74) is 6.99. The monoisotopic (exact) mass is 266 g/mol. The number of rotatable bonds is 7. The zero-order valence-corrected chi connectivity index (χ0v) is 11.3. The summed E-state index contributed by atoms with van der Waals surface area (Å²) in [6.07, 6.45) is 1.10. The number of benzene rings is 1. The average molecular weight is 266 g/mol. The van der Waals surface area contributed by atoms with Crippen LogP contribution < -0.4 is 11.1 Å². The summed E-state index contributed by atoms with van der Waals surface area (Å²) in [6, 6.07) is 7.67. The second-order valence-electron chi connectivity index (χ2n) is 4.04. The lowest BCUT2D eigenvalue weighted by atomic mass is 10.2. The number of amides is 2. The van der Waals surface area contributed by atoms with Gasteiger partial charge < -0.3 is 11.1 Å². The van der Waals surface area contributed by atoms with Gasteiger partial charge >= 0.3 is 0 Å². The Morgan fingerprint density at radius 3 is 2.56 bits per heavy atom. The lowest BCUT2D eigenvalue weighted by Crippen LogP contribution is -2.14. The molecule has 0 spiro atoms. The first-order valence-corrected chi connectivity index (χ1v) is 6.96. The molecule has 1 rings (SSSR count). The highest BCUT2D eigenvalue weighted by Gasteiger charge is 2.02. The van der Waals surface area contributed by atoms with Crippen molar-refractivity contribution in [3.63, 3.8) is 0 Å². The highest BCUT2D eigenvalue weighted by Crippen LogP contribution is 2.10. The summed E-state index contributed by atoms with van der Waals surface area (Å²) in [5.74, 6) is 0.847. The fourth-order valence-electron chi connectivity index (χ4n) is 1.35. The van der Waals surface area contributed by atoms with Gasteiger partial charge in [-0.05, 0) is 31.2 Å². The van der Waals surface area contributed by atoms with Crippen molar-refractivity contribution >= 4 is 29.3 Å². The van der Waals surface area contributed by atoms with Gasteiger partial charge in [-0.1, -0.05) is 17.7 Å². The second-order valence-corrected chi connectivity index (χ2v) is 5.14. The molecule has 2 amide bonds. The van der Waals surface area contributed by atoms with Crippen LogP contribution >= 0.6 is 11.8 Å². The third-order valence-electron chi connectivity index (χ3n) is 2.28. The van der Waals surface area contributed by atoms with Gasteiger partial charge in [-0.25, -0.2) is 0 Å². The third-order valence-corrected chi connectivity index (χ3v) is 3.32. The SMILES string of the molecule is Cc1ccc(NC(=O)CSCCCC(N)=O)cc1. The van der Waals surface area contributed by atoms with Crippen LogP contribution in [0.1, 0.15) is 18.4 Å². The van der Waals surface area contributed by atoms with Gasteiger partial charge in [0.2, 0.25) is 11.8 Å². The molecule has 0 saturated heterocycles. The van der Waals surface area contributed by atoms with Crippen molar-refractivity contribution in [2.24, 2.45) is 5.73 Å². The minimum absolute atomic E-state index is 0.0251. The quantitative estimate of drug-likeness (QED) is 0.741. The summed E-state index contributed by atoms with van der Waals surface area (Å²) in [5, 5.41) is 2.82. The predicted octanol–water partition coefficient (Wildman–Crippen LogP) is 1.93. The number of carbonyl (C=O) groups excluding carboxylic acids is 2. The van der Waals surface area contributed by atoms with E-state index in [4.69, 9.17) is 5.73 Å². The lowest BCUT2D eigenvalue weighted by molar-refractivity contribution is -0.118. The van der Waals surface area contributed by atoms with Crippen molar-refractivity contribution in [3.05, 3.63) is 29.8 Å². The van der Waals surface area contributed by atoms with Crippen LogP contribution in [0.4, 0.5) is 5.69 Å². The van der Waals surface area contributed by atoms with E-state index in [1.54, 1.807) is 0 Å². The Balaban J connectivity index is 2.17. The largest absolute Gasteiger partial charge is 0.370 e. The van der Waals surface area contributed by atoms with E-state index in [0.29, 0.717) is 12.2 Å². The zero-order valence-electron chi connectivity index (χ0n) is 10.4. The Morgan fingerprint density at radius 2 is 1.94 bits per heavy atom. The van der Waals surface area contributed by atoms with Crippen molar-refractivity contribution in [2.45, 2.75) is 19.8 Å². The maximum Gasteiger partial charge on any atom is 0.234 e. The number of hydrogen-bond acceptors (Lipinski definition) is 3. The van der Waals surface area contributed by atoms with E-state index in [0.717, 1.165) is 23.4 Å². The Bertz CT molecular complexity index is 404. The summed E-state index contributed by atoms with van der Waals surface area (Å²) in [7, 11) is 0. The van der Waals surface area contributed by atoms with Crippen molar-refractivity contribution in [2.75, 3.05) is 16.8 Å². The first-order chi connectivity index (χ1) is 8.58. The summed E-state index contributed by atoms with van der Waals surface area (Å²) < 4.78 is 0. The second kappa shape index (κ2) is 7.76. The third kappa shape index (κ3) is 6.30. The molecule has 0 aromatic heterocycles. The Labute approximate surface area is 111 Å². The van der Waals surface area contributed by atoms with Crippen molar-refractivity contribution in [3.8, 4) is 0 Å². The lowest BCUT2D eigenvalue weighted by Gasteiger charge is -2.05. The normalized spacial score (nSPS) is 10.1. The molecule has 4 nitrogen and oxygen atoms in total. The number of thioether (sulfide) groups is 1. The molecule has 0 aliphatic carbocycles. The molecule has 98 valence electrons. The first kappa shape index (κ1) is 14.6. The maximum absolute atomic E-state index is 11.6. The van der Waals surface area contributed by atoms with Gasteiger partial charge in [0.25, 0.3) is 0 Å². The predicted molar refractivity (Wildman–Crippen MR) is 75.6 cm³/mol. The van der Waals surface area contributed by atoms with Crippen LogP contribution in [0.15, 0.2) is 24.3 Å². The maximum atomic E-state index is 11.6. The zero-order chi connectivity index (χ0) is 13.4. The molecule has 1 aromatic carbocycles. The van der Waals surface area contributed by atoms with Gasteiger partial charge in [-0.3, -0.25) is 9.59 Å². The number of carbonyl (C=O) groups is 2. The number of aryl methyl sites for hydroxylation is 1. The van der Waals surface area contributed by atoms with Crippen LogP contribution in [0, 0.1) is 6.92 Å². The average Bonchev–Trinajstić information content (AvgIpc) is 2.31. The molecular formula is C13H18N2O2S. The molecule has 0 bridgehead atoms. The summed E-state index contributed by atoms with van der Waals surface area (Å²) in [4.78, 5) is 22.1. The van der Waals surface area contributed by atoms with Gasteiger partial charge in [0.1, 0.15) is 0 Å². The van der Waals surface area contributed by atoms with E-state index in [-0.39, 0.29) is 11.8 Å². The Hall–Kier alpha value is -1.49. The van der Waals surface area contributed by atoms with E-state index >= 15 is 0 Å². The van der Waals surface area contributed by atoms with Gasteiger partial charge in [0.05, 0.1) is 5.75 Å². The van der Waals surface area contributed by atoms with Crippen LogP contribution in [-0.4, -0.2) is 23.3 Å². The number of nitrogens with two attached hydrogens (primary N) is 1. The standard InChI is InChI=1S/C13H18N2O2S/c1-10-4-6-11(7-5-10)15-13(17)9-18-8-2-3-12(14)16/h4-7H,2-3,8-9H2,1H3,(H2,14,16)(H,15,17). The van der Waals surface area contributed by atoms with E-state index in [1.807, 2.05) is 31.2 Å². The van der Waals surface area contributed by atoms with Crippen LogP contribution in [-0.2, 0) is 9.59 Å². The highest BCUT2D eigenvalue weighted by molar-refractivity contribution is 7.99. The fourth-order valence-corrected chi connectivity index (χ4v) is 2.10. The molecule has 3 N–H and O–H groups in total. The molecular weight excluding hydrogens is 248 g/mol. The number of hydrogen-bond donors (Lipinski definition) is 2. The Kier molecular flexibility index (Phi) is 6.28. The van der Waals surface area contributed by atoms with Crippen molar-refractivity contribution < 1.29 is 9.59 Å². The van der Waals surface area contributed by atoms with Gasteiger partial charge in [-0.2, -0.15) is 11.8 Å². The van der Waals surface area contributed by atoms with Gasteiger partial charge in [0, 0.05) is 12.1 Å². The molecule has 0 aliphatic rings. The molecule has 0 unspecified atom stereocenters. The Morgan fingerprint density at radius 1 is 1.28 bits per heavy atom. The minimum atomic E-state index is -0.292. The smallest absolute Gasteiger partial charge is 0.234 e. The first-order valence-electron chi connectivity index (χ1n) is 5.80. The highest BCUT2D eigenvalue weighted by atomic mass is 32.2. The van der Waals surface area contributed by atoms with Crippen LogP contribution in [0.3, 0.4) is 0 Å². The number of primary amides is 1. The van der Waals surface area contributed by atoms with E-state index < -0.39 is 0 Å². The van der Waals surface area contributed by atoms with Crippen LogP contribution in [0.25, 0.3) is 0 Å². The van der Waals surface area contributed by atoms with Gasteiger partial charge in [0.15, 0.2) is 0 Å². The van der Waals surface area contributed by atoms with Crippen molar-refractivity contribution in [1.82, 2.24) is 0 Å². The minimum Gasteiger partial charge on any atom is -0.370 e. The molecule has 0 aliphatic heterocycles. The van der Waals surface area contributed by atoms with Gasteiger partial charge in [-0.15, -0.1) is 0 Å². The van der Waals surface area contributed by atoms with E-state index in [2.05, 4.69) is 5.32 Å². The molecule has 1 aromatic rings. The molecule has 0 atom stereocenters. The summed E-state index contributed by atoms with van der Waals surface area (Å²) >= 11 is 1.51. The van der Waals surface area contributed by atoms with E-state index in [9.17, 15) is 9.59 Å². The summed E-state index contributed by atoms with van der Waals surface area (Å²) in [6.45, 7) is 2.00. The number of anilines is 1. The van der Waals surface area contributed by atoms with Crippen molar-refractivity contribution in [1.29, 1.82) is 0 Å². The molecule has 0 heterocycles.